The molecule has 0 bridgehead atoms. The van der Waals surface area contributed by atoms with E-state index in [1.54, 1.807) is 13.0 Å². The maximum absolute atomic E-state index is 12.7. The van der Waals surface area contributed by atoms with Crippen molar-refractivity contribution in [1.29, 1.82) is 0 Å². The van der Waals surface area contributed by atoms with Crippen LogP contribution in [0.2, 0.25) is 0 Å². The quantitative estimate of drug-likeness (QED) is 0.802. The van der Waals surface area contributed by atoms with Gasteiger partial charge in [0.1, 0.15) is 17.3 Å². The van der Waals surface area contributed by atoms with E-state index in [0.29, 0.717) is 23.8 Å². The van der Waals surface area contributed by atoms with Gasteiger partial charge in [0.05, 0.1) is 11.5 Å². The number of hydrogen-bond acceptors (Lipinski definition) is 6. The average Bonchev–Trinajstić information content (AvgIpc) is 2.79. The van der Waals surface area contributed by atoms with Crippen LogP contribution in [0.5, 0.6) is 0 Å². The zero-order valence-electron chi connectivity index (χ0n) is 15.6. The van der Waals surface area contributed by atoms with Gasteiger partial charge >= 0.3 is 0 Å². The second kappa shape index (κ2) is 7.90. The zero-order valence-corrected chi connectivity index (χ0v) is 16.4. The number of carbonyl (C=O) groups excluding carboxylic acids is 1. The van der Waals surface area contributed by atoms with Gasteiger partial charge < -0.3 is 10.2 Å². The second-order valence-corrected chi connectivity index (χ2v) is 9.72. The van der Waals surface area contributed by atoms with Gasteiger partial charge in [-0.1, -0.05) is 25.7 Å². The first-order valence-electron chi connectivity index (χ1n) is 9.44. The molecular weight excluding hydrogens is 352 g/mol. The first-order chi connectivity index (χ1) is 12.3. The number of carbonyl (C=O) groups is 1. The Kier molecular flexibility index (Phi) is 5.79. The van der Waals surface area contributed by atoms with Crippen LogP contribution in [0, 0.1) is 6.92 Å². The molecule has 1 saturated carbocycles. The first-order valence-corrected chi connectivity index (χ1v) is 11.3. The minimum Gasteiger partial charge on any atom is -0.356 e. The summed E-state index contributed by atoms with van der Waals surface area (Å²) in [6.45, 7) is 1.76. The lowest BCUT2D eigenvalue weighted by Gasteiger charge is -2.25. The highest BCUT2D eigenvalue weighted by atomic mass is 32.2. The standard InChI is InChI=1S/C18H28N4O3S/c1-13-19-16(18(23)21-14-7-5-3-4-6-8-14)11-17(20-13)22(2)15-9-10-26(24,25)12-15/h11,14-15H,3-10,12H2,1-2H3,(H,21,23). The Balaban J connectivity index is 1.73. The molecule has 2 heterocycles. The lowest BCUT2D eigenvalue weighted by molar-refractivity contribution is 0.0928. The van der Waals surface area contributed by atoms with E-state index in [1.165, 1.54) is 12.8 Å². The smallest absolute Gasteiger partial charge is 0.270 e. The van der Waals surface area contributed by atoms with Crippen molar-refractivity contribution in [2.24, 2.45) is 0 Å². The molecule has 1 atom stereocenters. The van der Waals surface area contributed by atoms with E-state index >= 15 is 0 Å². The predicted molar refractivity (Wildman–Crippen MR) is 101 cm³/mol. The van der Waals surface area contributed by atoms with Gasteiger partial charge in [0.25, 0.3) is 5.91 Å². The molecule has 1 aromatic heterocycles. The Morgan fingerprint density at radius 1 is 1.15 bits per heavy atom. The number of anilines is 1. The van der Waals surface area contributed by atoms with E-state index in [4.69, 9.17) is 0 Å². The summed E-state index contributed by atoms with van der Waals surface area (Å²) in [5.41, 5.74) is 0.351. The molecule has 0 radical (unpaired) electrons. The Morgan fingerprint density at radius 2 is 1.85 bits per heavy atom. The third-order valence-corrected chi connectivity index (χ3v) is 7.12. The molecule has 0 aromatic carbocycles. The summed E-state index contributed by atoms with van der Waals surface area (Å²) >= 11 is 0. The van der Waals surface area contributed by atoms with Gasteiger partial charge in [-0.25, -0.2) is 18.4 Å². The Bertz CT molecular complexity index is 758. The molecule has 1 aromatic rings. The van der Waals surface area contributed by atoms with Crippen molar-refractivity contribution in [2.75, 3.05) is 23.5 Å². The van der Waals surface area contributed by atoms with Crippen molar-refractivity contribution in [3.63, 3.8) is 0 Å². The van der Waals surface area contributed by atoms with Gasteiger partial charge in [-0.15, -0.1) is 0 Å². The lowest BCUT2D eigenvalue weighted by atomic mass is 10.1. The number of nitrogens with zero attached hydrogens (tertiary/aromatic N) is 3. The minimum atomic E-state index is -2.97. The van der Waals surface area contributed by atoms with E-state index in [0.717, 1.165) is 25.7 Å². The van der Waals surface area contributed by atoms with E-state index in [2.05, 4.69) is 15.3 Å². The molecule has 2 aliphatic rings. The van der Waals surface area contributed by atoms with E-state index in [1.807, 2.05) is 11.9 Å². The van der Waals surface area contributed by atoms with Crippen LogP contribution in [0.1, 0.15) is 61.3 Å². The SMILES string of the molecule is Cc1nc(C(=O)NC2CCCCCC2)cc(N(C)C2CCS(=O)(=O)C2)n1. The Labute approximate surface area is 155 Å². The van der Waals surface area contributed by atoms with E-state index in [-0.39, 0.29) is 29.5 Å². The normalized spacial score (nSPS) is 23.4. The zero-order chi connectivity index (χ0) is 18.7. The average molecular weight is 381 g/mol. The van der Waals surface area contributed by atoms with Crippen molar-refractivity contribution in [2.45, 2.75) is 64.0 Å². The van der Waals surface area contributed by atoms with Crippen molar-refractivity contribution in [1.82, 2.24) is 15.3 Å². The molecule has 2 fully saturated rings. The molecule has 1 aliphatic heterocycles. The van der Waals surface area contributed by atoms with Gasteiger partial charge in [0, 0.05) is 25.2 Å². The van der Waals surface area contributed by atoms with Gasteiger partial charge in [-0.05, 0) is 26.2 Å². The third-order valence-electron chi connectivity index (χ3n) is 5.36. The molecule has 8 heteroatoms. The molecule has 1 N–H and O–H groups in total. The van der Waals surface area contributed by atoms with Crippen LogP contribution in [0.15, 0.2) is 6.07 Å². The fourth-order valence-electron chi connectivity index (χ4n) is 3.80. The summed E-state index contributed by atoms with van der Waals surface area (Å²) in [6, 6.07) is 1.78. The third kappa shape index (κ3) is 4.72. The van der Waals surface area contributed by atoms with Crippen molar-refractivity contribution < 1.29 is 13.2 Å². The van der Waals surface area contributed by atoms with Gasteiger partial charge in [0.2, 0.25) is 0 Å². The largest absolute Gasteiger partial charge is 0.356 e. The molecular formula is C18H28N4O3S. The molecule has 1 amide bonds. The summed E-state index contributed by atoms with van der Waals surface area (Å²) in [5.74, 6) is 1.29. The number of amides is 1. The van der Waals surface area contributed by atoms with Crippen LogP contribution >= 0.6 is 0 Å². The summed E-state index contributed by atoms with van der Waals surface area (Å²) in [7, 11) is -1.14. The maximum Gasteiger partial charge on any atom is 0.270 e. The Morgan fingerprint density at radius 3 is 2.46 bits per heavy atom. The number of sulfone groups is 1. The van der Waals surface area contributed by atoms with Gasteiger partial charge in [0.15, 0.2) is 9.84 Å². The fourth-order valence-corrected chi connectivity index (χ4v) is 5.57. The molecule has 144 valence electrons. The van der Waals surface area contributed by atoms with Gasteiger partial charge in [-0.3, -0.25) is 4.79 Å². The van der Waals surface area contributed by atoms with Crippen LogP contribution in [0.3, 0.4) is 0 Å². The summed E-state index contributed by atoms with van der Waals surface area (Å²) in [4.78, 5) is 23.2. The summed E-state index contributed by atoms with van der Waals surface area (Å²) in [5, 5.41) is 3.11. The molecule has 7 nitrogen and oxygen atoms in total. The van der Waals surface area contributed by atoms with Crippen molar-refractivity contribution in [3.05, 3.63) is 17.6 Å². The van der Waals surface area contributed by atoms with Crippen LogP contribution < -0.4 is 10.2 Å². The molecule has 1 saturated heterocycles. The molecule has 3 rings (SSSR count). The number of nitrogens with one attached hydrogen (secondary N) is 1. The number of hydrogen-bond donors (Lipinski definition) is 1. The highest BCUT2D eigenvalue weighted by molar-refractivity contribution is 7.91. The summed E-state index contributed by atoms with van der Waals surface area (Å²) < 4.78 is 23.5. The molecule has 1 aliphatic carbocycles. The Hall–Kier alpha value is -1.70. The molecule has 26 heavy (non-hydrogen) atoms. The maximum atomic E-state index is 12.7. The highest BCUT2D eigenvalue weighted by Crippen LogP contribution is 2.22. The van der Waals surface area contributed by atoms with Crippen LogP contribution in [0.4, 0.5) is 5.82 Å². The van der Waals surface area contributed by atoms with Crippen LogP contribution in [-0.4, -0.2) is 54.9 Å². The monoisotopic (exact) mass is 380 g/mol. The number of rotatable bonds is 4. The molecule has 0 spiro atoms. The minimum absolute atomic E-state index is 0.105. The second-order valence-electron chi connectivity index (χ2n) is 7.49. The number of aryl methyl sites for hydroxylation is 1. The first kappa shape index (κ1) is 19.1. The highest BCUT2D eigenvalue weighted by Gasteiger charge is 2.31. The topological polar surface area (TPSA) is 92.3 Å². The van der Waals surface area contributed by atoms with Crippen molar-refractivity contribution in [3.8, 4) is 0 Å². The van der Waals surface area contributed by atoms with Crippen molar-refractivity contribution >= 4 is 21.6 Å². The van der Waals surface area contributed by atoms with E-state index < -0.39 is 9.84 Å². The van der Waals surface area contributed by atoms with Crippen LogP contribution in [0.25, 0.3) is 0 Å². The fraction of sp³-hybridized carbons (Fsp3) is 0.722. The van der Waals surface area contributed by atoms with E-state index in [9.17, 15) is 13.2 Å². The lowest BCUT2D eigenvalue weighted by Crippen LogP contribution is -2.36. The number of aromatic nitrogens is 2. The van der Waals surface area contributed by atoms with Crippen LogP contribution in [-0.2, 0) is 9.84 Å². The van der Waals surface area contributed by atoms with Gasteiger partial charge in [-0.2, -0.15) is 0 Å². The predicted octanol–water partition coefficient (Wildman–Crippen LogP) is 1.86. The molecule has 1 unspecified atom stereocenters. The summed E-state index contributed by atoms with van der Waals surface area (Å²) in [6.07, 6.45) is 7.39.